The first-order valence-corrected chi connectivity index (χ1v) is 6.80. The van der Waals surface area contributed by atoms with Gasteiger partial charge >= 0.3 is 0 Å². The van der Waals surface area contributed by atoms with Crippen molar-refractivity contribution in [1.29, 1.82) is 0 Å². The number of nitrogens with one attached hydrogen (secondary N) is 1. The zero-order chi connectivity index (χ0) is 14.7. The molecule has 2 rings (SSSR count). The van der Waals surface area contributed by atoms with Gasteiger partial charge in [-0.05, 0) is 23.6 Å². The van der Waals surface area contributed by atoms with E-state index >= 15 is 0 Å². The Hall–Kier alpha value is -1.91. The van der Waals surface area contributed by atoms with Crippen LogP contribution in [0, 0.1) is 11.7 Å². The highest BCUT2D eigenvalue weighted by atomic mass is 19.1. The molecular formula is C15H19FN2O2. The van der Waals surface area contributed by atoms with Crippen LogP contribution in [0.1, 0.15) is 25.8 Å². The minimum Gasteiger partial charge on any atom is -0.344 e. The van der Waals surface area contributed by atoms with Gasteiger partial charge < -0.3 is 10.2 Å². The maximum atomic E-state index is 12.9. The summed E-state index contributed by atoms with van der Waals surface area (Å²) < 4.78 is 12.9. The Morgan fingerprint density at radius 2 is 1.95 bits per heavy atom. The van der Waals surface area contributed by atoms with E-state index in [1.807, 2.05) is 13.8 Å². The lowest BCUT2D eigenvalue weighted by molar-refractivity contribution is -0.135. The third-order valence-corrected chi connectivity index (χ3v) is 3.46. The summed E-state index contributed by atoms with van der Waals surface area (Å²) in [5.41, 5.74) is 0.858. The minimum atomic E-state index is -0.481. The summed E-state index contributed by atoms with van der Waals surface area (Å²) in [6, 6.07) is 5.59. The standard InChI is InChI=1S/C15H19FN2O2/c1-10(2)14-15(20)18(8-7-13(19)17-14)9-11-3-5-12(16)6-4-11/h3-6,10,14H,7-9H2,1-2H3,(H,17,19). The van der Waals surface area contributed by atoms with Crippen molar-refractivity contribution in [2.75, 3.05) is 6.54 Å². The summed E-state index contributed by atoms with van der Waals surface area (Å²) in [4.78, 5) is 25.7. The average Bonchev–Trinajstić information content (AvgIpc) is 2.54. The number of rotatable bonds is 3. The summed E-state index contributed by atoms with van der Waals surface area (Å²) in [6.07, 6.45) is 0.302. The van der Waals surface area contributed by atoms with Crippen LogP contribution in [0.2, 0.25) is 0 Å². The number of carbonyl (C=O) groups is 2. The third-order valence-electron chi connectivity index (χ3n) is 3.46. The van der Waals surface area contributed by atoms with Crippen LogP contribution in [0.15, 0.2) is 24.3 Å². The summed E-state index contributed by atoms with van der Waals surface area (Å²) in [5, 5.41) is 2.76. The van der Waals surface area contributed by atoms with E-state index < -0.39 is 6.04 Å². The van der Waals surface area contributed by atoms with Crippen molar-refractivity contribution in [2.24, 2.45) is 5.92 Å². The van der Waals surface area contributed by atoms with Crippen LogP contribution >= 0.6 is 0 Å². The van der Waals surface area contributed by atoms with Gasteiger partial charge in [-0.1, -0.05) is 26.0 Å². The van der Waals surface area contributed by atoms with E-state index in [1.54, 1.807) is 17.0 Å². The molecule has 0 aromatic heterocycles. The number of hydrogen-bond donors (Lipinski definition) is 1. The summed E-state index contributed by atoms with van der Waals surface area (Å²) in [5.74, 6) is -0.429. The van der Waals surface area contributed by atoms with Crippen LogP contribution in [-0.4, -0.2) is 29.3 Å². The Morgan fingerprint density at radius 3 is 2.55 bits per heavy atom. The number of carbonyl (C=O) groups excluding carboxylic acids is 2. The number of nitrogens with zero attached hydrogens (tertiary/aromatic N) is 1. The molecule has 1 aromatic rings. The molecule has 1 aliphatic rings. The monoisotopic (exact) mass is 278 g/mol. The van der Waals surface area contributed by atoms with Gasteiger partial charge in [0.15, 0.2) is 0 Å². The lowest BCUT2D eigenvalue weighted by Gasteiger charge is -2.26. The average molecular weight is 278 g/mol. The molecule has 1 unspecified atom stereocenters. The van der Waals surface area contributed by atoms with Crippen molar-refractivity contribution >= 4 is 11.8 Å². The van der Waals surface area contributed by atoms with Gasteiger partial charge in [-0.2, -0.15) is 0 Å². The quantitative estimate of drug-likeness (QED) is 0.915. The van der Waals surface area contributed by atoms with Crippen molar-refractivity contribution in [1.82, 2.24) is 10.2 Å². The predicted octanol–water partition coefficient (Wildman–Crippen LogP) is 1.70. The first kappa shape index (κ1) is 14.5. The molecule has 1 N–H and O–H groups in total. The van der Waals surface area contributed by atoms with Gasteiger partial charge in [0.1, 0.15) is 11.9 Å². The second kappa shape index (κ2) is 6.03. The van der Waals surface area contributed by atoms with Gasteiger partial charge in [-0.25, -0.2) is 4.39 Å². The smallest absolute Gasteiger partial charge is 0.245 e. The first-order valence-electron chi connectivity index (χ1n) is 6.80. The lowest BCUT2D eigenvalue weighted by Crippen LogP contribution is -2.47. The molecule has 108 valence electrons. The number of hydrogen-bond acceptors (Lipinski definition) is 2. The van der Waals surface area contributed by atoms with E-state index in [-0.39, 0.29) is 23.5 Å². The highest BCUT2D eigenvalue weighted by Crippen LogP contribution is 2.14. The minimum absolute atomic E-state index is 0.0419. The Bertz CT molecular complexity index is 499. The first-order chi connectivity index (χ1) is 9.47. The van der Waals surface area contributed by atoms with Gasteiger partial charge in [-0.3, -0.25) is 9.59 Å². The molecule has 0 radical (unpaired) electrons. The Labute approximate surface area is 118 Å². The largest absolute Gasteiger partial charge is 0.344 e. The highest BCUT2D eigenvalue weighted by molar-refractivity contribution is 5.90. The van der Waals surface area contributed by atoms with Crippen molar-refractivity contribution in [3.8, 4) is 0 Å². The molecule has 20 heavy (non-hydrogen) atoms. The fraction of sp³-hybridized carbons (Fsp3) is 0.467. The van der Waals surface area contributed by atoms with Gasteiger partial charge in [0.2, 0.25) is 11.8 Å². The van der Waals surface area contributed by atoms with Crippen LogP contribution in [0.5, 0.6) is 0 Å². The van der Waals surface area contributed by atoms with E-state index in [9.17, 15) is 14.0 Å². The van der Waals surface area contributed by atoms with Crippen LogP contribution < -0.4 is 5.32 Å². The maximum absolute atomic E-state index is 12.9. The van der Waals surface area contributed by atoms with Crippen molar-refractivity contribution < 1.29 is 14.0 Å². The molecule has 0 saturated carbocycles. The van der Waals surface area contributed by atoms with Gasteiger partial charge in [0.25, 0.3) is 0 Å². The molecule has 1 atom stereocenters. The molecule has 0 bridgehead atoms. The van der Waals surface area contributed by atoms with Crippen molar-refractivity contribution in [2.45, 2.75) is 32.9 Å². The van der Waals surface area contributed by atoms with Crippen LogP contribution in [0.4, 0.5) is 4.39 Å². The van der Waals surface area contributed by atoms with Gasteiger partial charge in [0.05, 0.1) is 0 Å². The molecule has 1 aliphatic heterocycles. The fourth-order valence-electron chi connectivity index (χ4n) is 2.27. The molecule has 0 spiro atoms. The summed E-state index contributed by atoms with van der Waals surface area (Å²) in [7, 11) is 0. The number of halogens is 1. The molecular weight excluding hydrogens is 259 g/mol. The number of amides is 2. The van der Waals surface area contributed by atoms with Crippen LogP contribution in [-0.2, 0) is 16.1 Å². The lowest BCUT2D eigenvalue weighted by atomic mass is 10.0. The van der Waals surface area contributed by atoms with Crippen LogP contribution in [0.25, 0.3) is 0 Å². The third kappa shape index (κ3) is 3.35. The van der Waals surface area contributed by atoms with Gasteiger partial charge in [0, 0.05) is 19.5 Å². The van der Waals surface area contributed by atoms with Gasteiger partial charge in [-0.15, -0.1) is 0 Å². The van der Waals surface area contributed by atoms with E-state index in [0.29, 0.717) is 19.5 Å². The van der Waals surface area contributed by atoms with Crippen molar-refractivity contribution in [3.63, 3.8) is 0 Å². The second-order valence-corrected chi connectivity index (χ2v) is 5.43. The molecule has 2 amide bonds. The predicted molar refractivity (Wildman–Crippen MR) is 73.2 cm³/mol. The molecule has 0 aliphatic carbocycles. The Kier molecular flexibility index (Phi) is 4.37. The normalized spacial score (nSPS) is 20.0. The van der Waals surface area contributed by atoms with E-state index in [1.165, 1.54) is 12.1 Å². The maximum Gasteiger partial charge on any atom is 0.245 e. The SMILES string of the molecule is CC(C)C1NC(=O)CCN(Cc2ccc(F)cc2)C1=O. The molecule has 1 heterocycles. The Morgan fingerprint density at radius 1 is 1.30 bits per heavy atom. The molecule has 1 aromatic carbocycles. The topological polar surface area (TPSA) is 49.4 Å². The van der Waals surface area contributed by atoms with E-state index in [4.69, 9.17) is 0 Å². The molecule has 1 saturated heterocycles. The zero-order valence-corrected chi connectivity index (χ0v) is 11.7. The molecule has 4 nitrogen and oxygen atoms in total. The highest BCUT2D eigenvalue weighted by Gasteiger charge is 2.31. The fourth-order valence-corrected chi connectivity index (χ4v) is 2.27. The summed E-state index contributed by atoms with van der Waals surface area (Å²) in [6.45, 7) is 4.61. The van der Waals surface area contributed by atoms with E-state index in [0.717, 1.165) is 5.56 Å². The zero-order valence-electron chi connectivity index (χ0n) is 11.7. The van der Waals surface area contributed by atoms with E-state index in [2.05, 4.69) is 5.32 Å². The molecule has 1 fully saturated rings. The van der Waals surface area contributed by atoms with Crippen LogP contribution in [0.3, 0.4) is 0 Å². The number of benzene rings is 1. The molecule has 5 heteroatoms. The second-order valence-electron chi connectivity index (χ2n) is 5.43. The summed E-state index contributed by atoms with van der Waals surface area (Å²) >= 11 is 0. The Balaban J connectivity index is 2.14. The van der Waals surface area contributed by atoms with Crippen molar-refractivity contribution in [3.05, 3.63) is 35.6 Å².